The molecule has 9 heteroatoms. The van der Waals surface area contributed by atoms with Crippen LogP contribution < -0.4 is 28.4 Å². The second-order valence-electron chi connectivity index (χ2n) is 15.2. The van der Waals surface area contributed by atoms with Crippen LogP contribution in [0, 0.1) is 0 Å². The first-order chi connectivity index (χ1) is 29.1. The molecule has 0 spiro atoms. The zero-order valence-electron chi connectivity index (χ0n) is 33.9. The first-order valence-corrected chi connectivity index (χ1v) is 19.5. The molecule has 9 nitrogen and oxygen atoms in total. The van der Waals surface area contributed by atoms with Gasteiger partial charge in [-0.3, -0.25) is 0 Å². The van der Waals surface area contributed by atoms with Gasteiger partial charge in [-0.2, -0.15) is 0 Å². The maximum atomic E-state index is 14.2. The highest BCUT2D eigenvalue weighted by atomic mass is 16.5. The molecule has 0 bridgehead atoms. The summed E-state index contributed by atoms with van der Waals surface area (Å²) in [6, 6.07) is 39.1. The molecule has 3 aliphatic rings. The van der Waals surface area contributed by atoms with Gasteiger partial charge in [0, 0.05) is 50.1 Å². The van der Waals surface area contributed by atoms with Crippen LogP contribution in [0.2, 0.25) is 0 Å². The van der Waals surface area contributed by atoms with Gasteiger partial charge in [0.15, 0.2) is 0 Å². The molecule has 0 aromatic heterocycles. The SMILES string of the molecule is COc1ccc(OC)c([C@]2(O)c3ccccc3-c3c2c2c(c4c3[C@](O)(c3cc(OC)ccc3OC)c3ccccc3-4)[C@](O)(c3cc(OC)ccc3OC)c3ccccc3-2)c1. The van der Waals surface area contributed by atoms with E-state index in [2.05, 4.69) is 0 Å². The molecule has 3 N–H and O–H groups in total. The molecule has 0 saturated carbocycles. The first-order valence-electron chi connectivity index (χ1n) is 19.5. The summed E-state index contributed by atoms with van der Waals surface area (Å²) in [7, 11) is 9.43. The van der Waals surface area contributed by atoms with Crippen molar-refractivity contribution in [3.63, 3.8) is 0 Å². The predicted octanol–water partition coefficient (Wildman–Crippen LogP) is 8.53. The first kappa shape index (κ1) is 37.5. The summed E-state index contributed by atoms with van der Waals surface area (Å²) in [6.07, 6.45) is 0. The maximum absolute atomic E-state index is 14.2. The van der Waals surface area contributed by atoms with Crippen molar-refractivity contribution < 1.29 is 43.7 Å². The average Bonchev–Trinajstić information content (AvgIpc) is 3.84. The Balaban J connectivity index is 1.50. The van der Waals surface area contributed by atoms with Crippen LogP contribution in [0.4, 0.5) is 0 Å². The molecule has 0 aliphatic heterocycles. The second-order valence-corrected chi connectivity index (χ2v) is 15.2. The minimum atomic E-state index is -1.93. The van der Waals surface area contributed by atoms with E-state index in [1.165, 1.54) is 0 Å². The summed E-state index contributed by atoms with van der Waals surface area (Å²) in [5.74, 6) is 2.76. The fraction of sp³-hybridized carbons (Fsp3) is 0.176. The summed E-state index contributed by atoms with van der Waals surface area (Å²) in [6.45, 7) is 0. The van der Waals surface area contributed by atoms with E-state index >= 15 is 0 Å². The van der Waals surface area contributed by atoms with Crippen molar-refractivity contribution in [1.82, 2.24) is 0 Å². The van der Waals surface area contributed by atoms with E-state index in [9.17, 15) is 15.3 Å². The van der Waals surface area contributed by atoms with Gasteiger partial charge in [-0.1, -0.05) is 72.8 Å². The van der Waals surface area contributed by atoms with Crippen LogP contribution in [0.15, 0.2) is 127 Å². The Bertz CT molecular complexity index is 2590. The Morgan fingerprint density at radius 2 is 0.583 bits per heavy atom. The highest BCUT2D eigenvalue weighted by Crippen LogP contribution is 2.70. The van der Waals surface area contributed by atoms with E-state index in [1.807, 2.05) is 72.8 Å². The normalized spacial score (nSPS) is 19.9. The van der Waals surface area contributed by atoms with Gasteiger partial charge in [-0.05, 0) is 88.0 Å². The predicted molar refractivity (Wildman–Crippen MR) is 228 cm³/mol. The van der Waals surface area contributed by atoms with Crippen LogP contribution in [0.25, 0.3) is 33.4 Å². The minimum Gasteiger partial charge on any atom is -0.497 e. The Labute approximate surface area is 347 Å². The van der Waals surface area contributed by atoms with Gasteiger partial charge in [-0.15, -0.1) is 0 Å². The third-order valence-corrected chi connectivity index (χ3v) is 12.7. The molecule has 60 heavy (non-hydrogen) atoms. The van der Waals surface area contributed by atoms with E-state index in [-0.39, 0.29) is 0 Å². The van der Waals surface area contributed by atoms with Crippen LogP contribution in [-0.4, -0.2) is 58.0 Å². The molecule has 0 amide bonds. The Morgan fingerprint density at radius 1 is 0.317 bits per heavy atom. The quantitative estimate of drug-likeness (QED) is 0.132. The molecule has 7 aromatic carbocycles. The van der Waals surface area contributed by atoms with E-state index < -0.39 is 16.8 Å². The molecule has 10 rings (SSSR count). The van der Waals surface area contributed by atoms with E-state index in [4.69, 9.17) is 28.4 Å². The summed E-state index contributed by atoms with van der Waals surface area (Å²) < 4.78 is 35.5. The molecule has 300 valence electrons. The number of methoxy groups -OCH3 is 6. The minimum absolute atomic E-state index is 0.416. The number of hydrogen-bond acceptors (Lipinski definition) is 9. The summed E-state index contributed by atoms with van der Waals surface area (Å²) in [5, 5.41) is 42.6. The summed E-state index contributed by atoms with van der Waals surface area (Å²) in [5.41, 5.74) is 2.41. The van der Waals surface area contributed by atoms with Crippen LogP contribution in [0.1, 0.15) is 50.1 Å². The van der Waals surface area contributed by atoms with Crippen molar-refractivity contribution in [2.24, 2.45) is 0 Å². The van der Waals surface area contributed by atoms with Crippen LogP contribution in [0.3, 0.4) is 0 Å². The second kappa shape index (κ2) is 13.4. The number of benzene rings is 7. The lowest BCUT2D eigenvalue weighted by Gasteiger charge is -2.35. The third kappa shape index (κ3) is 4.62. The van der Waals surface area contributed by atoms with Crippen LogP contribution >= 0.6 is 0 Å². The van der Waals surface area contributed by atoms with Gasteiger partial charge in [0.05, 0.1) is 42.7 Å². The van der Waals surface area contributed by atoms with E-state index in [0.29, 0.717) is 118 Å². The molecule has 0 saturated heterocycles. The lowest BCUT2D eigenvalue weighted by atomic mass is 9.73. The Hall–Kier alpha value is -6.78. The van der Waals surface area contributed by atoms with Crippen molar-refractivity contribution >= 4 is 0 Å². The topological polar surface area (TPSA) is 116 Å². The van der Waals surface area contributed by atoms with Gasteiger partial charge in [0.2, 0.25) is 0 Å². The molecule has 3 atom stereocenters. The van der Waals surface area contributed by atoms with Gasteiger partial charge in [0.1, 0.15) is 51.3 Å². The summed E-state index contributed by atoms with van der Waals surface area (Å²) >= 11 is 0. The number of rotatable bonds is 9. The number of hydrogen-bond donors (Lipinski definition) is 3. The van der Waals surface area contributed by atoms with E-state index in [0.717, 1.165) is 0 Å². The third-order valence-electron chi connectivity index (χ3n) is 12.7. The van der Waals surface area contributed by atoms with Gasteiger partial charge < -0.3 is 43.7 Å². The molecule has 7 aromatic rings. The molecule has 0 radical (unpaired) electrons. The zero-order chi connectivity index (χ0) is 41.7. The molecular formula is C51H42O9. The zero-order valence-corrected chi connectivity index (χ0v) is 33.9. The van der Waals surface area contributed by atoms with Crippen molar-refractivity contribution in [1.29, 1.82) is 0 Å². The number of aliphatic hydroxyl groups is 3. The lowest BCUT2D eigenvalue weighted by molar-refractivity contribution is 0.119. The van der Waals surface area contributed by atoms with Crippen molar-refractivity contribution in [2.45, 2.75) is 16.8 Å². The van der Waals surface area contributed by atoms with Gasteiger partial charge >= 0.3 is 0 Å². The smallest absolute Gasteiger partial charge is 0.146 e. The molecule has 3 aliphatic carbocycles. The standard InChI is InChI=1S/C51H42O9/c1-55-28-19-22-40(58-4)37(25-28)49(52)34-16-10-7-13-31(34)43-46(49)44-32-14-8-11-17-35(32)50(53,38-26-29(56-2)20-23-41(38)59-5)48(44)45-33-15-9-12-18-36(33)51(54,47(43)45)39-27-30(57-3)21-24-42(39)60-6/h7-27,52-54H,1-6H3/t49-,50-,51-/m1/s1. The van der Waals surface area contributed by atoms with Gasteiger partial charge in [-0.25, -0.2) is 0 Å². The average molecular weight is 799 g/mol. The molecule has 0 heterocycles. The monoisotopic (exact) mass is 798 g/mol. The van der Waals surface area contributed by atoms with Crippen molar-refractivity contribution in [2.75, 3.05) is 42.7 Å². The lowest BCUT2D eigenvalue weighted by Crippen LogP contribution is -2.32. The Morgan fingerprint density at radius 3 is 0.833 bits per heavy atom. The summed E-state index contributed by atoms with van der Waals surface area (Å²) in [4.78, 5) is 0. The van der Waals surface area contributed by atoms with E-state index in [1.54, 1.807) is 97.3 Å². The highest BCUT2D eigenvalue weighted by Gasteiger charge is 2.60. The fourth-order valence-corrected chi connectivity index (χ4v) is 10.2. The van der Waals surface area contributed by atoms with Crippen LogP contribution in [0.5, 0.6) is 34.5 Å². The Kier molecular flexibility index (Phi) is 8.35. The number of fused-ring (bicyclic) bond motifs is 12. The highest BCUT2D eigenvalue weighted by molar-refractivity contribution is 6.06. The largest absolute Gasteiger partial charge is 0.497 e. The maximum Gasteiger partial charge on any atom is 0.146 e. The van der Waals surface area contributed by atoms with Gasteiger partial charge in [0.25, 0.3) is 0 Å². The van der Waals surface area contributed by atoms with Crippen molar-refractivity contribution in [3.05, 3.63) is 177 Å². The van der Waals surface area contributed by atoms with Crippen LogP contribution in [-0.2, 0) is 16.8 Å². The number of ether oxygens (including phenoxy) is 6. The fourth-order valence-electron chi connectivity index (χ4n) is 10.2. The molecular weight excluding hydrogens is 757 g/mol. The molecule has 0 unspecified atom stereocenters. The van der Waals surface area contributed by atoms with Crippen molar-refractivity contribution in [3.8, 4) is 67.9 Å². The molecule has 0 fully saturated rings.